The molecule has 0 spiro atoms. The van der Waals surface area contributed by atoms with Gasteiger partial charge in [-0.2, -0.15) is 0 Å². The molecule has 30 heavy (non-hydrogen) atoms. The lowest BCUT2D eigenvalue weighted by Crippen LogP contribution is -2.47. The van der Waals surface area contributed by atoms with Crippen molar-refractivity contribution >= 4 is 5.96 Å². The molecular formula is C24H36N4O2. The molecule has 1 aliphatic heterocycles. The van der Waals surface area contributed by atoms with Gasteiger partial charge >= 0.3 is 0 Å². The summed E-state index contributed by atoms with van der Waals surface area (Å²) in [4.78, 5) is 9.61. The van der Waals surface area contributed by atoms with Crippen LogP contribution in [0.15, 0.2) is 52.1 Å². The Morgan fingerprint density at radius 3 is 2.57 bits per heavy atom. The number of aliphatic imine (C=N–C) groups is 1. The molecule has 2 heterocycles. The molecule has 1 fully saturated rings. The van der Waals surface area contributed by atoms with Crippen molar-refractivity contribution in [3.63, 3.8) is 0 Å². The maximum absolute atomic E-state index is 5.79. The summed E-state index contributed by atoms with van der Waals surface area (Å²) in [6.07, 6.45) is 4.24. The van der Waals surface area contributed by atoms with Gasteiger partial charge in [0.1, 0.15) is 5.76 Å². The summed E-state index contributed by atoms with van der Waals surface area (Å²) >= 11 is 0. The first-order chi connectivity index (χ1) is 14.7. The molecule has 3 rings (SSSR count). The highest BCUT2D eigenvalue weighted by Gasteiger charge is 2.21. The molecule has 1 saturated heterocycles. The van der Waals surface area contributed by atoms with Crippen LogP contribution in [0.4, 0.5) is 0 Å². The van der Waals surface area contributed by atoms with Crippen LogP contribution in [0, 0.1) is 0 Å². The molecule has 0 radical (unpaired) electrons. The standard InChI is InChI=1S/C24H36N4O2/c1-4-25-24(28-14-12-22(13-15-28)29-5-2)26-17-20-9-6-7-10-21(20)18-27(3)19-23-11-8-16-30-23/h6-11,16,22H,4-5,12-15,17-19H2,1-3H3,(H,25,26). The molecule has 0 aliphatic carbocycles. The Kier molecular flexibility index (Phi) is 8.78. The Hall–Kier alpha value is -2.31. The molecule has 164 valence electrons. The number of guanidine groups is 1. The second-order valence-corrected chi connectivity index (χ2v) is 7.83. The lowest BCUT2D eigenvalue weighted by atomic mass is 10.1. The molecule has 2 aromatic rings. The second-order valence-electron chi connectivity index (χ2n) is 7.83. The van der Waals surface area contributed by atoms with Crippen molar-refractivity contribution in [2.24, 2.45) is 4.99 Å². The van der Waals surface area contributed by atoms with Crippen LogP contribution in [0.5, 0.6) is 0 Å². The quantitative estimate of drug-likeness (QED) is 0.500. The molecule has 6 heteroatoms. The van der Waals surface area contributed by atoms with Crippen molar-refractivity contribution in [3.8, 4) is 0 Å². The molecule has 1 aliphatic rings. The highest BCUT2D eigenvalue weighted by atomic mass is 16.5. The number of hydrogen-bond donors (Lipinski definition) is 1. The Balaban J connectivity index is 1.63. The summed E-state index contributed by atoms with van der Waals surface area (Å²) in [6, 6.07) is 12.5. The summed E-state index contributed by atoms with van der Waals surface area (Å²) in [5.74, 6) is 1.99. The summed E-state index contributed by atoms with van der Waals surface area (Å²) in [7, 11) is 2.12. The highest BCUT2D eigenvalue weighted by molar-refractivity contribution is 5.80. The Labute approximate surface area is 180 Å². The van der Waals surface area contributed by atoms with Crippen LogP contribution in [0.1, 0.15) is 43.6 Å². The van der Waals surface area contributed by atoms with Gasteiger partial charge in [-0.15, -0.1) is 0 Å². The van der Waals surface area contributed by atoms with Crippen LogP contribution in [0.2, 0.25) is 0 Å². The van der Waals surface area contributed by atoms with Crippen molar-refractivity contribution < 1.29 is 9.15 Å². The van der Waals surface area contributed by atoms with E-state index < -0.39 is 0 Å². The van der Waals surface area contributed by atoms with E-state index in [-0.39, 0.29) is 0 Å². The smallest absolute Gasteiger partial charge is 0.194 e. The molecule has 0 atom stereocenters. The van der Waals surface area contributed by atoms with E-state index in [1.54, 1.807) is 6.26 Å². The number of piperidine rings is 1. The topological polar surface area (TPSA) is 53.2 Å². The van der Waals surface area contributed by atoms with Gasteiger partial charge in [0.05, 0.1) is 25.5 Å². The maximum atomic E-state index is 5.79. The van der Waals surface area contributed by atoms with Gasteiger partial charge in [0, 0.05) is 32.8 Å². The Morgan fingerprint density at radius 2 is 1.90 bits per heavy atom. The lowest BCUT2D eigenvalue weighted by molar-refractivity contribution is 0.0263. The Bertz CT molecular complexity index is 767. The minimum absolute atomic E-state index is 0.388. The van der Waals surface area contributed by atoms with Gasteiger partial charge in [0.2, 0.25) is 0 Å². The number of rotatable bonds is 9. The monoisotopic (exact) mass is 412 g/mol. The summed E-state index contributed by atoms with van der Waals surface area (Å²) < 4.78 is 11.3. The van der Waals surface area contributed by atoms with Crippen molar-refractivity contribution in [3.05, 3.63) is 59.5 Å². The van der Waals surface area contributed by atoms with Gasteiger partial charge in [0.25, 0.3) is 0 Å². The Morgan fingerprint density at radius 1 is 1.13 bits per heavy atom. The normalized spacial score (nSPS) is 15.7. The number of nitrogens with one attached hydrogen (secondary N) is 1. The van der Waals surface area contributed by atoms with Crippen LogP contribution in [0.25, 0.3) is 0 Å². The van der Waals surface area contributed by atoms with E-state index in [2.05, 4.69) is 60.3 Å². The fourth-order valence-electron chi connectivity index (χ4n) is 3.94. The molecule has 1 N–H and O–H groups in total. The van der Waals surface area contributed by atoms with Gasteiger partial charge in [-0.05, 0) is 57.0 Å². The van der Waals surface area contributed by atoms with E-state index in [1.807, 2.05) is 12.1 Å². The molecule has 0 unspecified atom stereocenters. The SMILES string of the molecule is CCNC(=NCc1ccccc1CN(C)Cc1ccco1)N1CCC(OCC)CC1. The van der Waals surface area contributed by atoms with Crippen molar-refractivity contribution in [1.29, 1.82) is 0 Å². The van der Waals surface area contributed by atoms with Crippen LogP contribution in [-0.2, 0) is 24.4 Å². The zero-order chi connectivity index (χ0) is 21.2. The largest absolute Gasteiger partial charge is 0.468 e. The highest BCUT2D eigenvalue weighted by Crippen LogP contribution is 2.16. The van der Waals surface area contributed by atoms with E-state index in [9.17, 15) is 0 Å². The van der Waals surface area contributed by atoms with E-state index in [1.165, 1.54) is 11.1 Å². The molecule has 0 bridgehead atoms. The van der Waals surface area contributed by atoms with Crippen LogP contribution >= 0.6 is 0 Å². The molecule has 0 amide bonds. The third kappa shape index (κ3) is 6.61. The average Bonchev–Trinajstić information content (AvgIpc) is 3.26. The zero-order valence-electron chi connectivity index (χ0n) is 18.6. The van der Waals surface area contributed by atoms with Crippen LogP contribution in [0.3, 0.4) is 0 Å². The summed E-state index contributed by atoms with van der Waals surface area (Å²) in [5, 5.41) is 3.47. The van der Waals surface area contributed by atoms with E-state index in [0.717, 1.165) is 63.9 Å². The average molecular weight is 413 g/mol. The first-order valence-electron chi connectivity index (χ1n) is 11.1. The molecule has 1 aromatic heterocycles. The first kappa shape index (κ1) is 22.4. The maximum Gasteiger partial charge on any atom is 0.194 e. The number of likely N-dealkylation sites (tertiary alicyclic amines) is 1. The van der Waals surface area contributed by atoms with Crippen molar-refractivity contribution in [1.82, 2.24) is 15.1 Å². The molecule has 1 aromatic carbocycles. The number of benzene rings is 1. The number of hydrogen-bond acceptors (Lipinski definition) is 4. The predicted octanol–water partition coefficient (Wildman–Crippen LogP) is 3.88. The van der Waals surface area contributed by atoms with E-state index in [0.29, 0.717) is 12.6 Å². The van der Waals surface area contributed by atoms with E-state index >= 15 is 0 Å². The van der Waals surface area contributed by atoms with Gasteiger partial charge in [-0.1, -0.05) is 24.3 Å². The van der Waals surface area contributed by atoms with Crippen LogP contribution < -0.4 is 5.32 Å². The van der Waals surface area contributed by atoms with Crippen molar-refractivity contribution in [2.75, 3.05) is 33.3 Å². The van der Waals surface area contributed by atoms with Crippen LogP contribution in [-0.4, -0.2) is 55.2 Å². The van der Waals surface area contributed by atoms with Gasteiger partial charge in [-0.3, -0.25) is 4.90 Å². The van der Waals surface area contributed by atoms with Crippen molar-refractivity contribution in [2.45, 2.75) is 52.4 Å². The summed E-state index contributed by atoms with van der Waals surface area (Å²) in [6.45, 7) is 10.2. The summed E-state index contributed by atoms with van der Waals surface area (Å²) in [5.41, 5.74) is 2.57. The molecule has 0 saturated carbocycles. The fourth-order valence-corrected chi connectivity index (χ4v) is 3.94. The predicted molar refractivity (Wildman–Crippen MR) is 121 cm³/mol. The minimum atomic E-state index is 0.388. The zero-order valence-corrected chi connectivity index (χ0v) is 18.6. The van der Waals surface area contributed by atoms with E-state index in [4.69, 9.17) is 14.1 Å². The second kappa shape index (κ2) is 11.8. The minimum Gasteiger partial charge on any atom is -0.468 e. The number of ether oxygens (including phenoxy) is 1. The third-order valence-electron chi connectivity index (χ3n) is 5.44. The number of nitrogens with zero attached hydrogens (tertiary/aromatic N) is 3. The van der Waals surface area contributed by atoms with Gasteiger partial charge < -0.3 is 19.4 Å². The molecular weight excluding hydrogens is 376 g/mol. The molecule has 6 nitrogen and oxygen atoms in total. The third-order valence-corrected chi connectivity index (χ3v) is 5.44. The fraction of sp³-hybridized carbons (Fsp3) is 0.542. The first-order valence-corrected chi connectivity index (χ1v) is 11.1. The lowest BCUT2D eigenvalue weighted by Gasteiger charge is -2.34. The number of furan rings is 1. The van der Waals surface area contributed by atoms with Gasteiger partial charge in [0.15, 0.2) is 5.96 Å². The van der Waals surface area contributed by atoms with Gasteiger partial charge in [-0.25, -0.2) is 4.99 Å².